The number of phenolic OH excluding ortho intramolecular Hbond substituents is 1. The van der Waals surface area contributed by atoms with Crippen LogP contribution in [0.5, 0.6) is 17.2 Å². The smallest absolute Gasteiger partial charge is 0.328 e. The third-order valence-electron chi connectivity index (χ3n) is 7.14. The zero-order chi connectivity index (χ0) is 32.6. The number of carboxylic acid groups (broad SMARTS) is 1. The number of carboxylic acids is 1. The highest BCUT2D eigenvalue weighted by atomic mass is 35.5. The van der Waals surface area contributed by atoms with Gasteiger partial charge in [0.1, 0.15) is 5.75 Å². The lowest BCUT2D eigenvalue weighted by Gasteiger charge is -2.22. The highest BCUT2D eigenvalue weighted by Gasteiger charge is 2.20. The lowest BCUT2D eigenvalue weighted by atomic mass is 9.95. The minimum absolute atomic E-state index is 0.0278. The van der Waals surface area contributed by atoms with Gasteiger partial charge in [-0.15, -0.1) is 5.10 Å². The lowest BCUT2D eigenvalue weighted by molar-refractivity contribution is -0.131. The quantitative estimate of drug-likeness (QED) is 0.156. The topological polar surface area (TPSA) is 149 Å². The van der Waals surface area contributed by atoms with E-state index in [-0.39, 0.29) is 16.1 Å². The fraction of sp³-hybridized carbons (Fsp3) is 0.406. The number of aromatic hydroxyl groups is 1. The van der Waals surface area contributed by atoms with Crippen molar-refractivity contribution in [1.82, 2.24) is 20.2 Å². The van der Waals surface area contributed by atoms with E-state index >= 15 is 0 Å². The van der Waals surface area contributed by atoms with Crippen LogP contribution in [0.1, 0.15) is 74.4 Å². The van der Waals surface area contributed by atoms with Gasteiger partial charge in [0.25, 0.3) is 0 Å². The number of halogens is 2. The molecule has 1 aromatic heterocycles. The van der Waals surface area contributed by atoms with Crippen LogP contribution >= 0.6 is 23.2 Å². The maximum absolute atomic E-state index is 11.4. The van der Waals surface area contributed by atoms with E-state index in [2.05, 4.69) is 32.1 Å². The van der Waals surface area contributed by atoms with Gasteiger partial charge in [0.2, 0.25) is 5.91 Å². The van der Waals surface area contributed by atoms with Gasteiger partial charge in [-0.1, -0.05) is 55.1 Å². The fourth-order valence-electron chi connectivity index (χ4n) is 4.98. The number of unbranched alkanes of at least 4 members (excludes halogenated alkanes) is 1. The van der Waals surface area contributed by atoms with E-state index in [0.717, 1.165) is 54.6 Å². The summed E-state index contributed by atoms with van der Waals surface area (Å²) in [6.07, 6.45) is 12.9. The van der Waals surface area contributed by atoms with E-state index in [1.54, 1.807) is 12.1 Å². The summed E-state index contributed by atoms with van der Waals surface area (Å²) < 4.78 is 12.9. The molecule has 0 saturated heterocycles. The molecule has 3 N–H and O–H groups in total. The van der Waals surface area contributed by atoms with Gasteiger partial charge in [0, 0.05) is 24.6 Å². The second-order valence-electron chi connectivity index (χ2n) is 10.4. The van der Waals surface area contributed by atoms with Crippen molar-refractivity contribution in [2.75, 3.05) is 19.0 Å². The number of methoxy groups -OCH3 is 1. The number of hydrogen-bond acceptors (Lipinski definition) is 8. The first-order valence-electron chi connectivity index (χ1n) is 14.8. The number of tetrazole rings is 1. The van der Waals surface area contributed by atoms with Crippen molar-refractivity contribution in [2.45, 2.75) is 70.3 Å². The summed E-state index contributed by atoms with van der Waals surface area (Å²) >= 11 is 9.69. The second-order valence-corrected chi connectivity index (χ2v) is 11.6. The van der Waals surface area contributed by atoms with Crippen LogP contribution in [0.4, 0.5) is 5.69 Å². The third kappa shape index (κ3) is 12.4. The van der Waals surface area contributed by atoms with Crippen LogP contribution < -0.4 is 14.8 Å². The number of aromatic nitrogens is 4. The highest BCUT2D eigenvalue weighted by molar-refractivity contribution is 6.55. The zero-order valence-electron chi connectivity index (χ0n) is 25.3. The van der Waals surface area contributed by atoms with Crippen molar-refractivity contribution in [3.63, 3.8) is 0 Å². The molecule has 5 rings (SSSR count). The SMILES string of the molecule is C=C(Cl)Cl.COc1cc(/C=C/C(=O)O)ccc1O.O=C1CCc2cc(OCCCCc3nnnn3C3CCCCC3)ccc2N1. The van der Waals surface area contributed by atoms with E-state index in [4.69, 9.17) is 37.8 Å². The summed E-state index contributed by atoms with van der Waals surface area (Å²) in [5, 5.41) is 32.9. The predicted molar refractivity (Wildman–Crippen MR) is 174 cm³/mol. The van der Waals surface area contributed by atoms with Crippen molar-refractivity contribution in [3.05, 3.63) is 70.5 Å². The van der Waals surface area contributed by atoms with Crippen LogP contribution in [0.2, 0.25) is 0 Å². The number of aryl methyl sites for hydroxylation is 2. The molecule has 45 heavy (non-hydrogen) atoms. The minimum atomic E-state index is -1.02. The molecule has 1 aliphatic carbocycles. The Hall–Kier alpha value is -4.09. The molecule has 0 atom stereocenters. The monoisotopic (exact) mass is 659 g/mol. The first-order chi connectivity index (χ1) is 21.7. The fourth-order valence-corrected chi connectivity index (χ4v) is 4.98. The van der Waals surface area contributed by atoms with E-state index in [1.165, 1.54) is 51.4 Å². The molecule has 1 aliphatic heterocycles. The van der Waals surface area contributed by atoms with Crippen LogP contribution in [-0.4, -0.2) is 56.0 Å². The molecule has 2 aromatic carbocycles. The van der Waals surface area contributed by atoms with Crippen LogP contribution in [0.25, 0.3) is 6.08 Å². The standard InChI is InChI=1S/C20H27N5O2.C10H10O4.C2H2Cl2/c26-20-12-9-15-14-17(10-11-18(15)21-20)27-13-5-4-8-19-22-23-24-25(19)16-6-2-1-3-7-16;1-14-9-6-7(2-4-8(9)11)3-5-10(12)13;1-2(3)4/h10-11,14,16H,1-9,12-13H2,(H,21,26);2-6,11H,1H3,(H,12,13);1H2/b;5-3+;. The largest absolute Gasteiger partial charge is 0.504 e. The number of ether oxygens (including phenoxy) is 2. The molecule has 0 spiro atoms. The zero-order valence-corrected chi connectivity index (χ0v) is 26.8. The number of rotatable bonds is 10. The number of anilines is 1. The second kappa shape index (κ2) is 18.7. The maximum Gasteiger partial charge on any atom is 0.328 e. The van der Waals surface area contributed by atoms with Crippen molar-refractivity contribution < 1.29 is 29.3 Å². The Morgan fingerprint density at radius 1 is 1.13 bits per heavy atom. The van der Waals surface area contributed by atoms with Crippen LogP contribution in [0.15, 0.2) is 53.5 Å². The Balaban J connectivity index is 0.000000257. The van der Waals surface area contributed by atoms with Crippen molar-refractivity contribution in [3.8, 4) is 17.2 Å². The molecule has 2 aliphatic rings. The van der Waals surface area contributed by atoms with Gasteiger partial charge < -0.3 is 25.0 Å². The number of nitrogens with zero attached hydrogens (tertiary/aromatic N) is 4. The van der Waals surface area contributed by atoms with Gasteiger partial charge in [-0.25, -0.2) is 9.48 Å². The van der Waals surface area contributed by atoms with Gasteiger partial charge >= 0.3 is 5.97 Å². The van der Waals surface area contributed by atoms with Gasteiger partial charge in [0.05, 0.1) is 24.2 Å². The number of carbonyl (C=O) groups is 2. The number of hydrogen-bond donors (Lipinski definition) is 3. The number of fused-ring (bicyclic) bond motifs is 1. The summed E-state index contributed by atoms with van der Waals surface area (Å²) in [5.41, 5.74) is 2.72. The van der Waals surface area contributed by atoms with E-state index < -0.39 is 5.97 Å². The van der Waals surface area contributed by atoms with Crippen LogP contribution in [0.3, 0.4) is 0 Å². The molecular formula is C32H39Cl2N5O6. The number of aliphatic carboxylic acids is 1. The number of amides is 1. The molecular weight excluding hydrogens is 621 g/mol. The van der Waals surface area contributed by atoms with E-state index in [0.29, 0.717) is 30.4 Å². The summed E-state index contributed by atoms with van der Waals surface area (Å²) in [4.78, 5) is 21.6. The Morgan fingerprint density at radius 2 is 1.89 bits per heavy atom. The molecule has 1 fully saturated rings. The number of benzene rings is 2. The molecule has 0 unspecified atom stereocenters. The summed E-state index contributed by atoms with van der Waals surface area (Å²) in [6.45, 7) is 3.76. The average molecular weight is 661 g/mol. The first-order valence-corrected chi connectivity index (χ1v) is 15.5. The van der Waals surface area contributed by atoms with Crippen molar-refractivity contribution >= 4 is 46.8 Å². The molecule has 0 bridgehead atoms. The summed E-state index contributed by atoms with van der Waals surface area (Å²) in [6, 6.07) is 11.0. The van der Waals surface area contributed by atoms with Gasteiger partial charge in [-0.2, -0.15) is 0 Å². The molecule has 0 radical (unpaired) electrons. The van der Waals surface area contributed by atoms with Gasteiger partial charge in [-0.05, 0) is 90.1 Å². The molecule has 1 amide bonds. The first kappa shape index (κ1) is 35.4. The predicted octanol–water partition coefficient (Wildman–Crippen LogP) is 6.90. The average Bonchev–Trinajstić information content (AvgIpc) is 3.49. The van der Waals surface area contributed by atoms with Crippen LogP contribution in [-0.2, 0) is 22.4 Å². The molecule has 242 valence electrons. The molecule has 1 saturated carbocycles. The Bertz CT molecular complexity index is 1450. The molecule has 2 heterocycles. The van der Waals surface area contributed by atoms with Crippen molar-refractivity contribution in [1.29, 1.82) is 0 Å². The van der Waals surface area contributed by atoms with Crippen LogP contribution in [0, 0.1) is 0 Å². The third-order valence-corrected chi connectivity index (χ3v) is 7.14. The number of carbonyl (C=O) groups excluding carboxylic acids is 1. The highest BCUT2D eigenvalue weighted by Crippen LogP contribution is 2.29. The minimum Gasteiger partial charge on any atom is -0.504 e. The van der Waals surface area contributed by atoms with E-state index in [1.807, 2.05) is 18.2 Å². The molecule has 13 heteroatoms. The maximum atomic E-state index is 11.4. The van der Waals surface area contributed by atoms with E-state index in [9.17, 15) is 14.7 Å². The van der Waals surface area contributed by atoms with Gasteiger partial charge in [-0.3, -0.25) is 4.79 Å². The summed E-state index contributed by atoms with van der Waals surface area (Å²) in [7, 11) is 1.43. The number of phenols is 1. The molecule has 3 aromatic rings. The number of nitrogens with one attached hydrogen (secondary N) is 1. The normalized spacial score (nSPS) is 14.2. The van der Waals surface area contributed by atoms with Gasteiger partial charge in [0.15, 0.2) is 17.3 Å². The van der Waals surface area contributed by atoms with Crippen molar-refractivity contribution in [2.24, 2.45) is 0 Å². The summed E-state index contributed by atoms with van der Waals surface area (Å²) in [5.74, 6) is 1.30. The lowest BCUT2D eigenvalue weighted by Crippen LogP contribution is -2.18. The Labute approximate surface area is 272 Å². The molecule has 11 nitrogen and oxygen atoms in total. The Morgan fingerprint density at radius 3 is 2.60 bits per heavy atom. The Kier molecular flexibility index (Phi) is 14.7.